The molecule has 0 fully saturated rings. The summed E-state index contributed by atoms with van der Waals surface area (Å²) in [6.07, 6.45) is -1.11. The topological polar surface area (TPSA) is 131 Å². The predicted molar refractivity (Wildman–Crippen MR) is 82.6 cm³/mol. The Hall–Kier alpha value is -3.21. The zero-order valence-electron chi connectivity index (χ0n) is 13.1. The second-order valence-corrected chi connectivity index (χ2v) is 5.00. The van der Waals surface area contributed by atoms with E-state index in [0.717, 1.165) is 11.3 Å². The van der Waals surface area contributed by atoms with Gasteiger partial charge in [-0.15, -0.1) is 0 Å². The third kappa shape index (κ3) is 5.41. The molecule has 3 rings (SSSR count). The summed E-state index contributed by atoms with van der Waals surface area (Å²) in [7, 11) is 0. The van der Waals surface area contributed by atoms with Crippen LogP contribution in [-0.4, -0.2) is 37.4 Å². The van der Waals surface area contributed by atoms with Gasteiger partial charge in [-0.3, -0.25) is 0 Å². The number of nitrogens with one attached hydrogen (secondary N) is 1. The molecule has 0 amide bonds. The van der Waals surface area contributed by atoms with Crippen LogP contribution in [0, 0.1) is 0 Å². The van der Waals surface area contributed by atoms with Gasteiger partial charge in [-0.1, -0.05) is 35.5 Å². The van der Waals surface area contributed by atoms with Crippen molar-refractivity contribution in [1.29, 1.82) is 0 Å². The number of rotatable bonds is 4. The maximum atomic E-state index is 10.6. The van der Waals surface area contributed by atoms with Gasteiger partial charge in [0, 0.05) is 18.2 Å². The highest BCUT2D eigenvalue weighted by Crippen LogP contribution is 2.19. The fourth-order valence-corrected chi connectivity index (χ4v) is 1.81. The molecule has 0 bridgehead atoms. The minimum absolute atomic E-state index is 0.353. The summed E-state index contributed by atoms with van der Waals surface area (Å²) in [5, 5.41) is 11.1. The van der Waals surface area contributed by atoms with E-state index >= 15 is 0 Å². The van der Waals surface area contributed by atoms with Gasteiger partial charge in [0.25, 0.3) is 0 Å². The molecule has 2 heterocycles. The number of halogens is 3. The van der Waals surface area contributed by atoms with Gasteiger partial charge >= 0.3 is 12.1 Å². The molecule has 3 aromatic rings. The Labute approximate surface area is 144 Å². The Morgan fingerprint density at radius 1 is 1.31 bits per heavy atom. The third-order valence-corrected chi connectivity index (χ3v) is 3.02. The molecule has 0 aliphatic carbocycles. The van der Waals surface area contributed by atoms with Gasteiger partial charge in [0.2, 0.25) is 11.7 Å². The number of imidazole rings is 1. The summed E-state index contributed by atoms with van der Waals surface area (Å²) in [6, 6.07) is 9.29. The van der Waals surface area contributed by atoms with Crippen LogP contribution in [0.2, 0.25) is 0 Å². The fraction of sp³-hybridized carbons (Fsp3) is 0.200. The Morgan fingerprint density at radius 2 is 1.96 bits per heavy atom. The largest absolute Gasteiger partial charge is 0.490 e. The predicted octanol–water partition coefficient (Wildman–Crippen LogP) is 2.34. The number of aromatic nitrogens is 4. The number of H-pyrrole nitrogens is 1. The Morgan fingerprint density at radius 3 is 2.50 bits per heavy atom. The van der Waals surface area contributed by atoms with Crippen LogP contribution >= 0.6 is 0 Å². The lowest BCUT2D eigenvalue weighted by Crippen LogP contribution is -2.21. The number of alkyl halides is 3. The van der Waals surface area contributed by atoms with E-state index in [0.29, 0.717) is 18.1 Å². The quantitative estimate of drug-likeness (QED) is 0.643. The molecular formula is C15H14F3N5O3. The lowest BCUT2D eigenvalue weighted by atomic mass is 10.2. The molecule has 138 valence electrons. The van der Waals surface area contributed by atoms with Crippen molar-refractivity contribution < 1.29 is 27.6 Å². The van der Waals surface area contributed by atoms with Crippen molar-refractivity contribution in [2.45, 2.75) is 18.6 Å². The Kier molecular flexibility index (Phi) is 6.07. The van der Waals surface area contributed by atoms with Crippen molar-refractivity contribution in [2.75, 3.05) is 0 Å². The number of benzene rings is 1. The highest BCUT2D eigenvalue weighted by molar-refractivity contribution is 5.73. The average Bonchev–Trinajstić information content (AvgIpc) is 3.27. The molecule has 11 heteroatoms. The molecule has 0 radical (unpaired) electrons. The van der Waals surface area contributed by atoms with Crippen LogP contribution in [0.4, 0.5) is 13.2 Å². The van der Waals surface area contributed by atoms with Crippen molar-refractivity contribution >= 4 is 5.97 Å². The van der Waals surface area contributed by atoms with E-state index in [1.165, 1.54) is 0 Å². The standard InChI is InChI=1S/C13H13N5O.C2HF3O2/c14-11(6-10-7-15-8-16-10)13-17-12(18-19-13)9-4-2-1-3-5-9;3-2(4,5)1(6)7/h1-5,7-8,11H,6,14H2,(H,15,16);(H,6,7). The van der Waals surface area contributed by atoms with E-state index in [2.05, 4.69) is 20.1 Å². The second kappa shape index (κ2) is 8.25. The molecule has 2 aromatic heterocycles. The van der Waals surface area contributed by atoms with Crippen LogP contribution < -0.4 is 5.73 Å². The molecule has 8 nitrogen and oxygen atoms in total. The van der Waals surface area contributed by atoms with Gasteiger partial charge in [-0.05, 0) is 0 Å². The average molecular weight is 369 g/mol. The first-order valence-electron chi connectivity index (χ1n) is 7.19. The van der Waals surface area contributed by atoms with Crippen molar-refractivity contribution in [1.82, 2.24) is 20.1 Å². The van der Waals surface area contributed by atoms with E-state index in [9.17, 15) is 13.2 Å². The Bertz CT molecular complexity index is 819. The van der Waals surface area contributed by atoms with Crippen LogP contribution in [0.15, 0.2) is 47.4 Å². The summed E-state index contributed by atoms with van der Waals surface area (Å²) >= 11 is 0. The van der Waals surface area contributed by atoms with Gasteiger partial charge in [-0.2, -0.15) is 18.2 Å². The summed E-state index contributed by atoms with van der Waals surface area (Å²) < 4.78 is 36.9. The molecule has 0 spiro atoms. The number of hydrogen-bond donors (Lipinski definition) is 3. The smallest absolute Gasteiger partial charge is 0.475 e. The zero-order valence-corrected chi connectivity index (χ0v) is 13.1. The number of carboxylic acid groups (broad SMARTS) is 1. The van der Waals surface area contributed by atoms with Gasteiger partial charge < -0.3 is 20.3 Å². The van der Waals surface area contributed by atoms with Crippen LogP contribution in [0.25, 0.3) is 11.4 Å². The molecule has 0 aliphatic rings. The summed E-state index contributed by atoms with van der Waals surface area (Å²) in [5.74, 6) is -1.79. The number of nitrogens with two attached hydrogens (primary N) is 1. The number of carboxylic acids is 1. The van der Waals surface area contributed by atoms with Crippen molar-refractivity contribution in [3.8, 4) is 11.4 Å². The molecule has 0 saturated carbocycles. The maximum Gasteiger partial charge on any atom is 0.490 e. The summed E-state index contributed by atoms with van der Waals surface area (Å²) in [4.78, 5) is 20.2. The molecule has 1 aromatic carbocycles. The van der Waals surface area contributed by atoms with Crippen LogP contribution in [0.3, 0.4) is 0 Å². The molecule has 4 N–H and O–H groups in total. The van der Waals surface area contributed by atoms with E-state index in [4.69, 9.17) is 20.2 Å². The lowest BCUT2D eigenvalue weighted by Gasteiger charge is -2.02. The third-order valence-electron chi connectivity index (χ3n) is 3.02. The highest BCUT2D eigenvalue weighted by atomic mass is 19.4. The van der Waals surface area contributed by atoms with Crippen molar-refractivity contribution in [2.24, 2.45) is 5.73 Å². The number of aromatic amines is 1. The van der Waals surface area contributed by atoms with Crippen molar-refractivity contribution in [3.05, 3.63) is 54.4 Å². The summed E-state index contributed by atoms with van der Waals surface area (Å²) in [6.45, 7) is 0. The fourth-order valence-electron chi connectivity index (χ4n) is 1.81. The SMILES string of the molecule is NC(Cc1c[nH]cn1)c1nc(-c2ccccc2)no1.O=C(O)C(F)(F)F. The van der Waals surface area contributed by atoms with Crippen LogP contribution in [0.1, 0.15) is 17.6 Å². The Balaban J connectivity index is 0.000000298. The van der Waals surface area contributed by atoms with Gasteiger partial charge in [0.05, 0.1) is 18.1 Å². The number of aliphatic carboxylic acids is 1. The first-order valence-corrected chi connectivity index (χ1v) is 7.19. The van der Waals surface area contributed by atoms with E-state index < -0.39 is 12.1 Å². The maximum absolute atomic E-state index is 10.6. The van der Waals surface area contributed by atoms with Gasteiger partial charge in [0.1, 0.15) is 0 Å². The molecule has 1 unspecified atom stereocenters. The number of hydrogen-bond acceptors (Lipinski definition) is 6. The lowest BCUT2D eigenvalue weighted by molar-refractivity contribution is -0.192. The molecule has 1 atom stereocenters. The molecule has 0 saturated heterocycles. The minimum atomic E-state index is -5.08. The number of nitrogens with zero attached hydrogens (tertiary/aromatic N) is 3. The first-order chi connectivity index (χ1) is 12.3. The van der Waals surface area contributed by atoms with Crippen LogP contribution in [-0.2, 0) is 11.2 Å². The monoisotopic (exact) mass is 369 g/mol. The van der Waals surface area contributed by atoms with Gasteiger partial charge in [-0.25, -0.2) is 9.78 Å². The minimum Gasteiger partial charge on any atom is -0.475 e. The number of carbonyl (C=O) groups is 1. The molecule has 26 heavy (non-hydrogen) atoms. The highest BCUT2D eigenvalue weighted by Gasteiger charge is 2.38. The van der Waals surface area contributed by atoms with E-state index in [1.54, 1.807) is 12.5 Å². The van der Waals surface area contributed by atoms with E-state index in [1.807, 2.05) is 30.3 Å². The second-order valence-electron chi connectivity index (χ2n) is 5.00. The van der Waals surface area contributed by atoms with E-state index in [-0.39, 0.29) is 6.04 Å². The molecule has 0 aliphatic heterocycles. The van der Waals surface area contributed by atoms with Gasteiger partial charge in [0.15, 0.2) is 0 Å². The summed E-state index contributed by atoms with van der Waals surface area (Å²) in [5.41, 5.74) is 7.80. The van der Waals surface area contributed by atoms with Crippen molar-refractivity contribution in [3.63, 3.8) is 0 Å². The molecular weight excluding hydrogens is 355 g/mol. The normalized spacial score (nSPS) is 12.2. The first kappa shape index (κ1) is 19.1. The zero-order chi connectivity index (χ0) is 19.2. The van der Waals surface area contributed by atoms with Crippen LogP contribution in [0.5, 0.6) is 0 Å².